The maximum atomic E-state index is 12.2. The molecule has 96 valence electrons. The minimum Gasteiger partial charge on any atom is -0.334 e. The molecule has 0 bridgehead atoms. The topological polar surface area (TPSA) is 32.3 Å². The van der Waals surface area contributed by atoms with Gasteiger partial charge in [0.05, 0.1) is 0 Å². The zero-order valence-corrected chi connectivity index (χ0v) is 11.0. The Kier molecular flexibility index (Phi) is 3.27. The van der Waals surface area contributed by atoms with E-state index in [1.54, 1.807) is 6.07 Å². The summed E-state index contributed by atoms with van der Waals surface area (Å²) in [4.78, 5) is 14.2. The van der Waals surface area contributed by atoms with Crippen molar-refractivity contribution in [1.82, 2.24) is 10.2 Å². The van der Waals surface area contributed by atoms with Crippen LogP contribution in [-0.4, -0.2) is 30.4 Å². The molecule has 2 heterocycles. The summed E-state index contributed by atoms with van der Waals surface area (Å²) in [5.41, 5.74) is 1.90. The highest BCUT2D eigenvalue weighted by Crippen LogP contribution is 2.27. The summed E-state index contributed by atoms with van der Waals surface area (Å²) in [7, 11) is 0. The second-order valence-electron chi connectivity index (χ2n) is 5.18. The first kappa shape index (κ1) is 12.0. The lowest BCUT2D eigenvalue weighted by atomic mass is 9.98. The van der Waals surface area contributed by atoms with Crippen molar-refractivity contribution in [1.29, 1.82) is 0 Å². The van der Waals surface area contributed by atoms with E-state index in [2.05, 4.69) is 5.32 Å². The van der Waals surface area contributed by atoms with Crippen LogP contribution in [0.1, 0.15) is 28.8 Å². The van der Waals surface area contributed by atoms with E-state index in [1.807, 2.05) is 17.0 Å². The van der Waals surface area contributed by atoms with Crippen LogP contribution < -0.4 is 5.32 Å². The second kappa shape index (κ2) is 4.90. The monoisotopic (exact) mass is 264 g/mol. The van der Waals surface area contributed by atoms with Crippen LogP contribution >= 0.6 is 11.6 Å². The van der Waals surface area contributed by atoms with Crippen molar-refractivity contribution in [2.75, 3.05) is 19.6 Å². The normalized spacial score (nSPS) is 20.3. The summed E-state index contributed by atoms with van der Waals surface area (Å²) in [5, 5.41) is 4.07. The highest BCUT2D eigenvalue weighted by atomic mass is 35.5. The van der Waals surface area contributed by atoms with Gasteiger partial charge in [-0.15, -0.1) is 0 Å². The molecule has 18 heavy (non-hydrogen) atoms. The van der Waals surface area contributed by atoms with Gasteiger partial charge in [-0.25, -0.2) is 0 Å². The van der Waals surface area contributed by atoms with Gasteiger partial charge >= 0.3 is 0 Å². The molecular weight excluding hydrogens is 248 g/mol. The molecule has 0 spiro atoms. The van der Waals surface area contributed by atoms with Crippen LogP contribution in [0.25, 0.3) is 0 Å². The van der Waals surface area contributed by atoms with E-state index < -0.39 is 0 Å². The summed E-state index contributed by atoms with van der Waals surface area (Å²) < 4.78 is 0. The summed E-state index contributed by atoms with van der Waals surface area (Å²) in [6.45, 7) is 3.75. The van der Waals surface area contributed by atoms with Gasteiger partial charge < -0.3 is 10.2 Å². The van der Waals surface area contributed by atoms with Gasteiger partial charge in [-0.05, 0) is 55.6 Å². The quantitative estimate of drug-likeness (QED) is 0.889. The molecule has 3 nitrogen and oxygen atoms in total. The maximum Gasteiger partial charge on any atom is 0.254 e. The van der Waals surface area contributed by atoms with Gasteiger partial charge in [0.2, 0.25) is 0 Å². The summed E-state index contributed by atoms with van der Waals surface area (Å²) in [6.07, 6.45) is 2.34. The summed E-state index contributed by atoms with van der Waals surface area (Å²) >= 11 is 5.97. The zero-order valence-electron chi connectivity index (χ0n) is 10.3. The number of nitrogens with one attached hydrogen (secondary N) is 1. The van der Waals surface area contributed by atoms with E-state index in [-0.39, 0.29) is 5.91 Å². The van der Waals surface area contributed by atoms with Gasteiger partial charge in [-0.2, -0.15) is 0 Å². The Morgan fingerprint density at radius 2 is 2.11 bits per heavy atom. The molecule has 0 aromatic heterocycles. The van der Waals surface area contributed by atoms with Crippen LogP contribution in [0.2, 0.25) is 5.02 Å². The average molecular weight is 265 g/mol. The van der Waals surface area contributed by atoms with E-state index in [0.29, 0.717) is 10.9 Å². The molecule has 1 aromatic rings. The Bertz CT molecular complexity index is 469. The number of carbonyl (C=O) groups is 1. The molecule has 2 aliphatic rings. The van der Waals surface area contributed by atoms with Crippen molar-refractivity contribution in [2.24, 2.45) is 5.92 Å². The van der Waals surface area contributed by atoms with Crippen molar-refractivity contribution >= 4 is 17.5 Å². The Hall–Kier alpha value is -1.06. The standard InChI is InChI=1S/C14H17ClN2O/c15-12-1-2-13-11(7-12)9-17(14(13)18)8-10-3-5-16-6-4-10/h1-2,7,10,16H,3-6,8-9H2. The highest BCUT2D eigenvalue weighted by molar-refractivity contribution is 6.30. The molecule has 1 saturated heterocycles. The molecule has 1 aromatic carbocycles. The molecule has 0 unspecified atom stereocenters. The first-order valence-electron chi connectivity index (χ1n) is 6.52. The van der Waals surface area contributed by atoms with E-state index in [9.17, 15) is 4.79 Å². The van der Waals surface area contributed by atoms with Gasteiger partial charge in [0.25, 0.3) is 5.91 Å². The first-order valence-corrected chi connectivity index (χ1v) is 6.90. The molecule has 0 atom stereocenters. The number of fused-ring (bicyclic) bond motifs is 1. The number of piperidine rings is 1. The van der Waals surface area contributed by atoms with Crippen LogP contribution in [0, 0.1) is 5.92 Å². The number of benzene rings is 1. The fourth-order valence-corrected chi connectivity index (χ4v) is 3.07. The zero-order chi connectivity index (χ0) is 12.5. The maximum absolute atomic E-state index is 12.2. The van der Waals surface area contributed by atoms with Gasteiger partial charge in [-0.3, -0.25) is 4.79 Å². The van der Waals surface area contributed by atoms with Crippen molar-refractivity contribution < 1.29 is 4.79 Å². The summed E-state index contributed by atoms with van der Waals surface area (Å²) in [5.74, 6) is 0.806. The van der Waals surface area contributed by atoms with Crippen LogP contribution in [-0.2, 0) is 6.54 Å². The number of rotatable bonds is 2. The van der Waals surface area contributed by atoms with Crippen molar-refractivity contribution in [3.63, 3.8) is 0 Å². The Morgan fingerprint density at radius 3 is 2.89 bits per heavy atom. The minimum absolute atomic E-state index is 0.167. The van der Waals surface area contributed by atoms with E-state index >= 15 is 0 Å². The molecule has 4 heteroatoms. The molecule has 1 amide bonds. The lowest BCUT2D eigenvalue weighted by Gasteiger charge is -2.27. The smallest absolute Gasteiger partial charge is 0.254 e. The van der Waals surface area contributed by atoms with Crippen molar-refractivity contribution in [3.8, 4) is 0 Å². The minimum atomic E-state index is 0.167. The third kappa shape index (κ3) is 2.25. The molecule has 1 N–H and O–H groups in total. The fraction of sp³-hybridized carbons (Fsp3) is 0.500. The molecule has 0 saturated carbocycles. The number of carbonyl (C=O) groups excluding carboxylic acids is 1. The highest BCUT2D eigenvalue weighted by Gasteiger charge is 2.29. The van der Waals surface area contributed by atoms with E-state index in [1.165, 1.54) is 12.8 Å². The van der Waals surface area contributed by atoms with Gasteiger partial charge in [0.1, 0.15) is 0 Å². The number of amides is 1. The largest absolute Gasteiger partial charge is 0.334 e. The van der Waals surface area contributed by atoms with Crippen LogP contribution in [0.4, 0.5) is 0 Å². The van der Waals surface area contributed by atoms with Crippen molar-refractivity contribution in [2.45, 2.75) is 19.4 Å². The molecule has 0 radical (unpaired) electrons. The predicted molar refractivity (Wildman–Crippen MR) is 71.8 cm³/mol. The molecule has 1 fully saturated rings. The number of hydrogen-bond acceptors (Lipinski definition) is 2. The Morgan fingerprint density at radius 1 is 1.33 bits per heavy atom. The molecule has 3 rings (SSSR count). The van der Waals surface area contributed by atoms with Gasteiger partial charge in [-0.1, -0.05) is 11.6 Å². The SMILES string of the molecule is O=C1c2ccc(Cl)cc2CN1CC1CCNCC1. The lowest BCUT2D eigenvalue weighted by molar-refractivity contribution is 0.0740. The van der Waals surface area contributed by atoms with Crippen LogP contribution in [0.3, 0.4) is 0 Å². The van der Waals surface area contributed by atoms with Gasteiger partial charge in [0.15, 0.2) is 0 Å². The second-order valence-corrected chi connectivity index (χ2v) is 5.62. The third-order valence-electron chi connectivity index (χ3n) is 3.88. The average Bonchev–Trinajstić information content (AvgIpc) is 2.67. The fourth-order valence-electron chi connectivity index (χ4n) is 2.87. The molecule has 2 aliphatic heterocycles. The van der Waals surface area contributed by atoms with Crippen LogP contribution in [0.15, 0.2) is 18.2 Å². The van der Waals surface area contributed by atoms with Crippen LogP contribution in [0.5, 0.6) is 0 Å². The van der Waals surface area contributed by atoms with E-state index in [4.69, 9.17) is 11.6 Å². The van der Waals surface area contributed by atoms with E-state index in [0.717, 1.165) is 37.3 Å². The number of hydrogen-bond donors (Lipinski definition) is 1. The predicted octanol–water partition coefficient (Wildman–Crippen LogP) is 2.30. The molecular formula is C14H17ClN2O. The lowest BCUT2D eigenvalue weighted by Crippen LogP contribution is -2.36. The molecule has 0 aliphatic carbocycles. The Labute approximate surface area is 112 Å². The number of nitrogens with zero attached hydrogens (tertiary/aromatic N) is 1. The third-order valence-corrected chi connectivity index (χ3v) is 4.12. The van der Waals surface area contributed by atoms with Crippen molar-refractivity contribution in [3.05, 3.63) is 34.3 Å². The Balaban J connectivity index is 1.71. The summed E-state index contributed by atoms with van der Waals surface area (Å²) in [6, 6.07) is 5.56. The first-order chi connectivity index (χ1) is 8.74. The van der Waals surface area contributed by atoms with Gasteiger partial charge in [0, 0.05) is 23.7 Å². The number of halogens is 1.